The van der Waals surface area contributed by atoms with Gasteiger partial charge in [-0.3, -0.25) is 0 Å². The molecule has 1 saturated heterocycles. The molecular formula is C33H40N4O3. The number of H-pyrrole nitrogens is 1. The van der Waals surface area contributed by atoms with Crippen LogP contribution in [0.5, 0.6) is 11.5 Å². The van der Waals surface area contributed by atoms with Crippen LogP contribution in [-0.4, -0.2) is 35.3 Å². The highest BCUT2D eigenvalue weighted by Gasteiger charge is 2.31. The minimum atomic E-state index is -0.424. The topological polar surface area (TPSA) is 73.3 Å². The smallest absolute Gasteiger partial charge is 0.203 e. The number of aryl methyl sites for hydroxylation is 1. The van der Waals surface area contributed by atoms with Gasteiger partial charge in [0, 0.05) is 22.9 Å². The summed E-state index contributed by atoms with van der Waals surface area (Å²) in [6, 6.07) is 8.46. The number of ether oxygens (including phenoxy) is 3. The molecular weight excluding hydrogens is 500 g/mol. The van der Waals surface area contributed by atoms with Gasteiger partial charge < -0.3 is 29.1 Å². The van der Waals surface area contributed by atoms with Gasteiger partial charge in [0.15, 0.2) is 0 Å². The quantitative estimate of drug-likeness (QED) is 0.278. The normalized spacial score (nSPS) is 19.2. The van der Waals surface area contributed by atoms with E-state index in [2.05, 4.69) is 65.4 Å². The zero-order chi connectivity index (χ0) is 28.4. The molecule has 210 valence electrons. The van der Waals surface area contributed by atoms with Crippen LogP contribution in [0.25, 0.3) is 17.2 Å². The Balaban J connectivity index is 1.64. The van der Waals surface area contributed by atoms with E-state index in [0.29, 0.717) is 17.5 Å². The average molecular weight is 541 g/mol. The van der Waals surface area contributed by atoms with Crippen molar-refractivity contribution in [3.63, 3.8) is 0 Å². The number of hydrogen-bond donors (Lipinski definition) is 2. The number of nitrogens with zero attached hydrogens (tertiary/aromatic N) is 2. The number of aromatic amines is 1. The van der Waals surface area contributed by atoms with Crippen molar-refractivity contribution in [2.45, 2.75) is 59.2 Å². The predicted molar refractivity (Wildman–Crippen MR) is 161 cm³/mol. The summed E-state index contributed by atoms with van der Waals surface area (Å²) in [5.41, 5.74) is 8.54. The molecule has 7 heteroatoms. The van der Waals surface area contributed by atoms with Gasteiger partial charge >= 0.3 is 0 Å². The first-order chi connectivity index (χ1) is 19.3. The molecule has 1 fully saturated rings. The summed E-state index contributed by atoms with van der Waals surface area (Å²) in [6.07, 6.45) is 10.9. The van der Waals surface area contributed by atoms with E-state index in [9.17, 15) is 0 Å². The average Bonchev–Trinajstić information content (AvgIpc) is 3.71. The molecule has 0 amide bonds. The van der Waals surface area contributed by atoms with Crippen molar-refractivity contribution in [2.24, 2.45) is 0 Å². The molecule has 2 unspecified atom stereocenters. The number of imidazole rings is 1. The molecule has 3 aromatic rings. The van der Waals surface area contributed by atoms with Gasteiger partial charge in [-0.15, -0.1) is 0 Å². The Labute approximate surface area is 237 Å². The second kappa shape index (κ2) is 11.6. The Morgan fingerprint density at radius 3 is 2.55 bits per heavy atom. The molecule has 0 spiro atoms. The number of aromatic nitrogens is 3. The van der Waals surface area contributed by atoms with Gasteiger partial charge in [0.1, 0.15) is 23.1 Å². The lowest BCUT2D eigenvalue weighted by molar-refractivity contribution is 0.0915. The third-order valence-electron chi connectivity index (χ3n) is 7.65. The van der Waals surface area contributed by atoms with Gasteiger partial charge in [-0.05, 0) is 88.1 Å². The van der Waals surface area contributed by atoms with Gasteiger partial charge in [-0.2, -0.15) is 0 Å². The molecule has 4 heterocycles. The van der Waals surface area contributed by atoms with Crippen LogP contribution in [0.2, 0.25) is 0 Å². The van der Waals surface area contributed by atoms with E-state index in [1.165, 1.54) is 12.0 Å². The van der Waals surface area contributed by atoms with Crippen LogP contribution in [0, 0.1) is 6.92 Å². The third-order valence-corrected chi connectivity index (χ3v) is 7.65. The number of hydrogen-bond acceptors (Lipinski definition) is 5. The van der Waals surface area contributed by atoms with Gasteiger partial charge in [0.05, 0.1) is 37.8 Å². The molecule has 2 N–H and O–H groups in total. The molecule has 0 saturated carbocycles. The van der Waals surface area contributed by atoms with E-state index < -0.39 is 6.23 Å². The maximum atomic E-state index is 6.91. The number of allylic oxidation sites excluding steroid dienone is 5. The van der Waals surface area contributed by atoms with Crippen molar-refractivity contribution in [1.82, 2.24) is 19.9 Å². The zero-order valence-electron chi connectivity index (χ0n) is 24.4. The van der Waals surface area contributed by atoms with Crippen LogP contribution >= 0.6 is 0 Å². The van der Waals surface area contributed by atoms with Crippen LogP contribution in [0.4, 0.5) is 0 Å². The monoisotopic (exact) mass is 540 g/mol. The van der Waals surface area contributed by atoms with Gasteiger partial charge in [0.25, 0.3) is 0 Å². The van der Waals surface area contributed by atoms with E-state index in [-0.39, 0.29) is 0 Å². The number of rotatable bonds is 9. The van der Waals surface area contributed by atoms with Gasteiger partial charge in [-0.25, -0.2) is 4.98 Å². The Morgan fingerprint density at radius 1 is 1.18 bits per heavy atom. The summed E-state index contributed by atoms with van der Waals surface area (Å²) >= 11 is 0. The maximum absolute atomic E-state index is 6.91. The highest BCUT2D eigenvalue weighted by Crippen LogP contribution is 2.42. The van der Waals surface area contributed by atoms with E-state index in [0.717, 1.165) is 70.3 Å². The largest absolute Gasteiger partial charge is 0.497 e. The van der Waals surface area contributed by atoms with Crippen LogP contribution < -0.4 is 14.8 Å². The van der Waals surface area contributed by atoms with Crippen LogP contribution in [0.1, 0.15) is 86.3 Å². The zero-order valence-corrected chi connectivity index (χ0v) is 24.4. The fraction of sp³-hybridized carbons (Fsp3) is 0.364. The number of benzene rings is 1. The fourth-order valence-electron chi connectivity index (χ4n) is 5.53. The second-order valence-corrected chi connectivity index (χ2v) is 10.6. The summed E-state index contributed by atoms with van der Waals surface area (Å²) < 4.78 is 20.4. The van der Waals surface area contributed by atoms with E-state index in [1.807, 2.05) is 37.4 Å². The first-order valence-corrected chi connectivity index (χ1v) is 14.0. The van der Waals surface area contributed by atoms with Crippen molar-refractivity contribution in [1.29, 1.82) is 0 Å². The molecule has 2 aliphatic heterocycles. The molecule has 0 bridgehead atoms. The van der Waals surface area contributed by atoms with Crippen molar-refractivity contribution >= 4 is 17.2 Å². The van der Waals surface area contributed by atoms with Crippen LogP contribution in [0.3, 0.4) is 0 Å². The molecule has 2 aliphatic rings. The molecule has 2 aromatic heterocycles. The Hall–Kier alpha value is -3.97. The van der Waals surface area contributed by atoms with Crippen molar-refractivity contribution in [2.75, 3.05) is 20.8 Å². The Kier molecular flexibility index (Phi) is 8.03. The van der Waals surface area contributed by atoms with E-state index in [1.54, 1.807) is 14.2 Å². The first-order valence-electron chi connectivity index (χ1n) is 14.0. The Morgan fingerprint density at radius 2 is 1.93 bits per heavy atom. The summed E-state index contributed by atoms with van der Waals surface area (Å²) in [7, 11) is 3.33. The molecule has 40 heavy (non-hydrogen) atoms. The van der Waals surface area contributed by atoms with E-state index >= 15 is 0 Å². The highest BCUT2D eigenvalue weighted by molar-refractivity contribution is 5.76. The second-order valence-electron chi connectivity index (χ2n) is 10.6. The number of methoxy groups -OCH3 is 2. The lowest BCUT2D eigenvalue weighted by Crippen LogP contribution is -2.22. The summed E-state index contributed by atoms with van der Waals surface area (Å²) in [5.74, 6) is 3.27. The lowest BCUT2D eigenvalue weighted by atomic mass is 10.0. The standard InChI is InChI=1S/C33H40N4O3/c1-8-26-30-14-22(5)29(12-11-20(2)3)37(30)33(23-16-24(38-6)18-25(17-23)39-7)40-31(26)15-21(4)28-19-35-32(36-28)27-10-9-13-34-27/h11-12,14-19,27,33-34H,2,8-10,13H2,1,3-7H3,(H,35,36)/b12-11-,21-15+. The molecule has 1 aromatic carbocycles. The summed E-state index contributed by atoms with van der Waals surface area (Å²) in [6.45, 7) is 13.5. The number of fused-ring (bicyclic) bond motifs is 1. The molecule has 0 aliphatic carbocycles. The highest BCUT2D eigenvalue weighted by atomic mass is 16.5. The van der Waals surface area contributed by atoms with Gasteiger partial charge in [0.2, 0.25) is 6.23 Å². The molecule has 5 rings (SSSR count). The summed E-state index contributed by atoms with van der Waals surface area (Å²) in [4.78, 5) is 8.21. The lowest BCUT2D eigenvalue weighted by Gasteiger charge is -2.32. The minimum absolute atomic E-state index is 0.294. The van der Waals surface area contributed by atoms with Gasteiger partial charge in [-0.1, -0.05) is 25.2 Å². The SMILES string of the molecule is C=C(C)/C=C\c1c(C)cc2n1C(c1cc(OC)cc(OC)c1)OC(/C=C(\C)c1cnc(C3CCCN3)[nH]1)=C2CC. The first kappa shape index (κ1) is 27.6. The van der Waals surface area contributed by atoms with Crippen molar-refractivity contribution in [3.8, 4) is 11.5 Å². The third kappa shape index (κ3) is 5.39. The van der Waals surface area contributed by atoms with E-state index in [4.69, 9.17) is 14.2 Å². The Bertz CT molecular complexity index is 1480. The van der Waals surface area contributed by atoms with Crippen molar-refractivity contribution < 1.29 is 14.2 Å². The fourth-order valence-corrected chi connectivity index (χ4v) is 5.53. The predicted octanol–water partition coefficient (Wildman–Crippen LogP) is 7.35. The molecule has 0 radical (unpaired) electrons. The number of nitrogens with one attached hydrogen (secondary N) is 2. The van der Waals surface area contributed by atoms with Crippen LogP contribution in [-0.2, 0) is 4.74 Å². The molecule has 2 atom stereocenters. The molecule has 7 nitrogen and oxygen atoms in total. The maximum Gasteiger partial charge on any atom is 0.203 e. The summed E-state index contributed by atoms with van der Waals surface area (Å²) in [5, 5.41) is 3.52. The minimum Gasteiger partial charge on any atom is -0.497 e. The van der Waals surface area contributed by atoms with Crippen LogP contribution in [0.15, 0.2) is 60.5 Å². The van der Waals surface area contributed by atoms with Crippen molar-refractivity contribution in [3.05, 3.63) is 94.6 Å².